The Hall–Kier alpha value is -1.88. The number of rotatable bonds is 5. The molecule has 5 nitrogen and oxygen atoms in total. The average Bonchev–Trinajstić information content (AvgIpc) is 2.58. The van der Waals surface area contributed by atoms with Crippen molar-refractivity contribution in [3.63, 3.8) is 0 Å². The molecule has 0 bridgehead atoms. The van der Waals surface area contributed by atoms with Crippen molar-refractivity contribution in [1.29, 1.82) is 0 Å². The van der Waals surface area contributed by atoms with Gasteiger partial charge in [0.2, 0.25) is 11.9 Å². The summed E-state index contributed by atoms with van der Waals surface area (Å²) in [5, 5.41) is 4.06. The van der Waals surface area contributed by atoms with E-state index in [0.717, 1.165) is 24.3 Å². The van der Waals surface area contributed by atoms with Gasteiger partial charge in [-0.2, -0.15) is 4.98 Å². The quantitative estimate of drug-likeness (QED) is 0.871. The summed E-state index contributed by atoms with van der Waals surface area (Å²) >= 11 is 6.33. The molecule has 0 saturated heterocycles. The first-order valence-corrected chi connectivity index (χ1v) is 7.36. The van der Waals surface area contributed by atoms with Gasteiger partial charge in [-0.3, -0.25) is 0 Å². The molecular formula is C15H20ClN5. The van der Waals surface area contributed by atoms with Crippen LogP contribution in [-0.4, -0.2) is 21.0 Å². The van der Waals surface area contributed by atoms with Crippen molar-refractivity contribution in [3.05, 3.63) is 40.7 Å². The highest BCUT2D eigenvalue weighted by molar-refractivity contribution is 6.32. The van der Waals surface area contributed by atoms with E-state index in [1.165, 1.54) is 17.5 Å². The van der Waals surface area contributed by atoms with Gasteiger partial charge in [-0.1, -0.05) is 29.3 Å². The number of hydrogen-bond donors (Lipinski definition) is 2. The summed E-state index contributed by atoms with van der Waals surface area (Å²) in [6.45, 7) is 4.22. The third kappa shape index (κ3) is 4.56. The zero-order chi connectivity index (χ0) is 15.2. The maximum absolute atomic E-state index is 6.33. The van der Waals surface area contributed by atoms with Gasteiger partial charge in [-0.25, -0.2) is 9.97 Å². The highest BCUT2D eigenvalue weighted by Gasteiger charge is 2.11. The molecule has 1 aromatic heterocycles. The van der Waals surface area contributed by atoms with E-state index in [1.807, 2.05) is 12.2 Å². The van der Waals surface area contributed by atoms with Crippen LogP contribution >= 0.6 is 11.6 Å². The maximum Gasteiger partial charge on any atom is 0.227 e. The first-order valence-electron chi connectivity index (χ1n) is 6.98. The van der Waals surface area contributed by atoms with Crippen molar-refractivity contribution in [1.82, 2.24) is 15.0 Å². The Kier molecular flexibility index (Phi) is 5.33. The summed E-state index contributed by atoms with van der Waals surface area (Å²) in [4.78, 5) is 11.9. The van der Waals surface area contributed by atoms with E-state index in [9.17, 15) is 0 Å². The summed E-state index contributed by atoms with van der Waals surface area (Å²) in [6.07, 6.45) is 10.3. The van der Waals surface area contributed by atoms with Crippen molar-refractivity contribution in [2.45, 2.75) is 39.2 Å². The van der Waals surface area contributed by atoms with Gasteiger partial charge in [-0.05, 0) is 44.8 Å². The molecule has 1 aliphatic carbocycles. The zero-order valence-corrected chi connectivity index (χ0v) is 13.1. The van der Waals surface area contributed by atoms with Gasteiger partial charge in [-0.15, -0.1) is 0 Å². The molecule has 0 aromatic carbocycles. The normalized spacial score (nSPS) is 16.4. The Bertz CT molecular complexity index is 591. The lowest BCUT2D eigenvalue weighted by Crippen LogP contribution is -2.18. The maximum atomic E-state index is 6.33. The second-order valence-corrected chi connectivity index (χ2v) is 5.56. The lowest BCUT2D eigenvalue weighted by Gasteiger charge is -2.16. The van der Waals surface area contributed by atoms with Crippen molar-refractivity contribution in [2.75, 3.05) is 11.1 Å². The van der Waals surface area contributed by atoms with Gasteiger partial charge < -0.3 is 11.1 Å². The number of hydrogen-bond acceptors (Lipinski definition) is 5. The minimum atomic E-state index is 0.216. The van der Waals surface area contributed by atoms with Crippen LogP contribution in [0.25, 0.3) is 0 Å². The number of nitrogens with one attached hydrogen (secondary N) is 1. The molecule has 3 N–H and O–H groups in total. The molecule has 1 atom stereocenters. The van der Waals surface area contributed by atoms with E-state index in [0.29, 0.717) is 5.95 Å². The third-order valence-electron chi connectivity index (χ3n) is 3.40. The monoisotopic (exact) mass is 305 g/mol. The van der Waals surface area contributed by atoms with Crippen LogP contribution in [0.15, 0.2) is 40.7 Å². The van der Waals surface area contributed by atoms with Crippen molar-refractivity contribution >= 4 is 23.5 Å². The molecule has 6 heteroatoms. The largest absolute Gasteiger partial charge is 0.368 e. The summed E-state index contributed by atoms with van der Waals surface area (Å²) < 4.78 is 0. The van der Waals surface area contributed by atoms with Crippen LogP contribution in [0.1, 0.15) is 33.1 Å². The van der Waals surface area contributed by atoms with Crippen LogP contribution in [0, 0.1) is 0 Å². The average molecular weight is 306 g/mol. The Balaban J connectivity index is 1.93. The molecule has 1 aromatic rings. The molecule has 1 heterocycles. The fourth-order valence-electron chi connectivity index (χ4n) is 2.19. The van der Waals surface area contributed by atoms with E-state index in [1.54, 1.807) is 0 Å². The van der Waals surface area contributed by atoms with Crippen LogP contribution in [0.2, 0.25) is 0 Å². The van der Waals surface area contributed by atoms with Gasteiger partial charge in [0.1, 0.15) is 6.33 Å². The van der Waals surface area contributed by atoms with Gasteiger partial charge in [0, 0.05) is 11.1 Å². The minimum absolute atomic E-state index is 0.216. The standard InChI is InChI=1S/C15H20ClN5/c1-10-5-3-4-6-13(16)12(10)8-7-11(2)20-15-19-9-18-14(17)21-15/h3-4,6,9,11H,5,7-8H2,1-2H3,(H3,17,18,19,20,21). The van der Waals surface area contributed by atoms with Crippen LogP contribution in [0.3, 0.4) is 0 Å². The number of allylic oxidation sites excluding steroid dienone is 6. The number of halogens is 1. The number of anilines is 2. The van der Waals surface area contributed by atoms with Gasteiger partial charge >= 0.3 is 0 Å². The number of nitrogen functional groups attached to an aromatic ring is 1. The highest BCUT2D eigenvalue weighted by atomic mass is 35.5. The number of nitrogens with zero attached hydrogens (tertiary/aromatic N) is 3. The fraction of sp³-hybridized carbons (Fsp3) is 0.400. The topological polar surface area (TPSA) is 76.7 Å². The molecule has 2 rings (SSSR count). The fourth-order valence-corrected chi connectivity index (χ4v) is 2.52. The van der Waals surface area contributed by atoms with E-state index in [2.05, 4.69) is 40.2 Å². The molecule has 0 radical (unpaired) electrons. The summed E-state index contributed by atoms with van der Waals surface area (Å²) in [5.74, 6) is 0.726. The molecule has 0 fully saturated rings. The zero-order valence-electron chi connectivity index (χ0n) is 12.3. The highest BCUT2D eigenvalue weighted by Crippen LogP contribution is 2.28. The molecule has 0 saturated carbocycles. The Morgan fingerprint density at radius 3 is 3.00 bits per heavy atom. The molecule has 1 unspecified atom stereocenters. The van der Waals surface area contributed by atoms with Crippen LogP contribution in [0.4, 0.5) is 11.9 Å². The van der Waals surface area contributed by atoms with Crippen LogP contribution in [-0.2, 0) is 0 Å². The first kappa shape index (κ1) is 15.5. The second kappa shape index (κ2) is 7.22. The van der Waals surface area contributed by atoms with Gasteiger partial charge in [0.25, 0.3) is 0 Å². The molecule has 0 spiro atoms. The van der Waals surface area contributed by atoms with Crippen LogP contribution in [0.5, 0.6) is 0 Å². The predicted molar refractivity (Wildman–Crippen MR) is 87.0 cm³/mol. The van der Waals surface area contributed by atoms with E-state index >= 15 is 0 Å². The number of nitrogens with two attached hydrogens (primary N) is 1. The molecular weight excluding hydrogens is 286 g/mol. The predicted octanol–water partition coefficient (Wildman–Crippen LogP) is 3.43. The van der Waals surface area contributed by atoms with E-state index in [4.69, 9.17) is 17.3 Å². The van der Waals surface area contributed by atoms with Crippen molar-refractivity contribution < 1.29 is 0 Å². The Morgan fingerprint density at radius 2 is 2.24 bits per heavy atom. The molecule has 112 valence electrons. The van der Waals surface area contributed by atoms with E-state index in [-0.39, 0.29) is 12.0 Å². The van der Waals surface area contributed by atoms with Crippen LogP contribution < -0.4 is 11.1 Å². The van der Waals surface area contributed by atoms with Gasteiger partial charge in [0.05, 0.1) is 0 Å². The molecule has 0 aliphatic heterocycles. The lowest BCUT2D eigenvalue weighted by molar-refractivity contribution is 0.695. The Morgan fingerprint density at radius 1 is 1.43 bits per heavy atom. The van der Waals surface area contributed by atoms with E-state index < -0.39 is 0 Å². The third-order valence-corrected chi connectivity index (χ3v) is 3.75. The summed E-state index contributed by atoms with van der Waals surface area (Å²) in [6, 6.07) is 0.216. The smallest absolute Gasteiger partial charge is 0.227 e. The summed E-state index contributed by atoms with van der Waals surface area (Å²) in [5.41, 5.74) is 8.09. The van der Waals surface area contributed by atoms with Crippen molar-refractivity contribution in [3.8, 4) is 0 Å². The first-order chi connectivity index (χ1) is 10.1. The summed E-state index contributed by atoms with van der Waals surface area (Å²) in [7, 11) is 0. The lowest BCUT2D eigenvalue weighted by atomic mass is 10.00. The molecule has 0 amide bonds. The van der Waals surface area contributed by atoms with Crippen molar-refractivity contribution in [2.24, 2.45) is 0 Å². The minimum Gasteiger partial charge on any atom is -0.368 e. The SMILES string of the molecule is CC1=C(CCC(C)Nc2ncnc(N)n2)C(Cl)=CC=CC1. The van der Waals surface area contributed by atoms with Gasteiger partial charge in [0.15, 0.2) is 0 Å². The molecule has 21 heavy (non-hydrogen) atoms. The number of aromatic nitrogens is 3. The second-order valence-electron chi connectivity index (χ2n) is 5.16. The molecule has 1 aliphatic rings. The Labute approximate surface area is 130 Å².